The third-order valence-electron chi connectivity index (χ3n) is 6.88. The van der Waals surface area contributed by atoms with Gasteiger partial charge in [0.1, 0.15) is 0 Å². The maximum absolute atomic E-state index is 13.4. The minimum atomic E-state index is 0.0270. The Bertz CT molecular complexity index is 930. The predicted octanol–water partition coefficient (Wildman–Crippen LogP) is 4.34. The van der Waals surface area contributed by atoms with Gasteiger partial charge in [0.05, 0.1) is 5.92 Å². The van der Waals surface area contributed by atoms with Crippen molar-refractivity contribution in [3.8, 4) is 0 Å². The molecule has 4 heteroatoms. The fraction of sp³-hybridized carbons (Fsp3) is 0.375. The number of amides is 1. The Morgan fingerprint density at radius 2 is 1.79 bits per heavy atom. The van der Waals surface area contributed by atoms with Gasteiger partial charge in [0.2, 0.25) is 5.91 Å². The van der Waals surface area contributed by atoms with Crippen molar-refractivity contribution >= 4 is 27.9 Å². The van der Waals surface area contributed by atoms with Crippen molar-refractivity contribution in [2.24, 2.45) is 5.92 Å². The molecule has 0 aromatic heterocycles. The molecule has 1 N–H and O–H groups in total. The predicted molar refractivity (Wildman–Crippen MR) is 116 cm³/mol. The Kier molecular flexibility index (Phi) is 4.64. The van der Waals surface area contributed by atoms with Gasteiger partial charge in [-0.3, -0.25) is 4.79 Å². The number of benzene rings is 2. The number of hydrogen-bond acceptors (Lipinski definition) is 2. The number of allylic oxidation sites excluding steroid dienone is 1. The van der Waals surface area contributed by atoms with Crippen LogP contribution in [0.5, 0.6) is 0 Å². The molecular weight excluding hydrogens is 412 g/mol. The Balaban J connectivity index is 1.31. The van der Waals surface area contributed by atoms with Crippen LogP contribution in [-0.4, -0.2) is 37.0 Å². The van der Waals surface area contributed by atoms with Crippen LogP contribution < -0.4 is 5.32 Å². The van der Waals surface area contributed by atoms with Crippen LogP contribution in [0.1, 0.15) is 35.4 Å². The van der Waals surface area contributed by atoms with Gasteiger partial charge >= 0.3 is 0 Å². The van der Waals surface area contributed by atoms with Crippen molar-refractivity contribution in [3.05, 3.63) is 75.8 Å². The van der Waals surface area contributed by atoms with Crippen molar-refractivity contribution in [1.82, 2.24) is 10.2 Å². The van der Waals surface area contributed by atoms with Crippen molar-refractivity contribution in [1.29, 1.82) is 0 Å². The first-order valence-corrected chi connectivity index (χ1v) is 11.0. The van der Waals surface area contributed by atoms with E-state index in [0.717, 1.165) is 43.5 Å². The summed E-state index contributed by atoms with van der Waals surface area (Å²) in [5.74, 6) is 0.584. The Morgan fingerprint density at radius 1 is 1.04 bits per heavy atom. The number of carbonyl (C=O) groups excluding carboxylic acids is 1. The molecule has 3 aliphatic rings. The van der Waals surface area contributed by atoms with E-state index in [2.05, 4.69) is 80.8 Å². The topological polar surface area (TPSA) is 32.3 Å². The van der Waals surface area contributed by atoms with E-state index < -0.39 is 0 Å². The van der Waals surface area contributed by atoms with Crippen molar-refractivity contribution in [2.45, 2.75) is 24.2 Å². The number of nitrogens with zero attached hydrogens (tertiary/aromatic N) is 1. The number of fused-ring (bicyclic) bond motifs is 2. The molecule has 2 aromatic carbocycles. The largest absolute Gasteiger partial charge is 0.342 e. The molecule has 2 aliphatic heterocycles. The highest BCUT2D eigenvalue weighted by Crippen LogP contribution is 2.44. The lowest BCUT2D eigenvalue weighted by Gasteiger charge is -2.40. The number of likely N-dealkylation sites (tertiary alicyclic amines) is 1. The van der Waals surface area contributed by atoms with E-state index in [9.17, 15) is 4.79 Å². The van der Waals surface area contributed by atoms with Gasteiger partial charge in [0.25, 0.3) is 0 Å². The first kappa shape index (κ1) is 18.1. The number of halogens is 1. The van der Waals surface area contributed by atoms with E-state index in [1.165, 1.54) is 16.7 Å². The van der Waals surface area contributed by atoms with Gasteiger partial charge in [-0.05, 0) is 35.6 Å². The van der Waals surface area contributed by atoms with E-state index >= 15 is 0 Å². The summed E-state index contributed by atoms with van der Waals surface area (Å²) in [6.07, 6.45) is 6.68. The number of nitrogens with one attached hydrogen (secondary N) is 1. The second kappa shape index (κ2) is 7.16. The van der Waals surface area contributed by atoms with Gasteiger partial charge in [-0.2, -0.15) is 0 Å². The first-order valence-electron chi connectivity index (χ1n) is 10.2. The van der Waals surface area contributed by atoms with E-state index in [1.54, 1.807) is 0 Å². The SMILES string of the molecule is O=C([C@@H]1CNC[C@H]1c1ccccc1Br)N1CCC2(C=Cc3ccccc32)CC1. The summed E-state index contributed by atoms with van der Waals surface area (Å²) in [5, 5.41) is 3.45. The minimum Gasteiger partial charge on any atom is -0.342 e. The molecule has 0 saturated carbocycles. The van der Waals surface area contributed by atoms with Crippen LogP contribution in [0.4, 0.5) is 0 Å². The molecule has 1 spiro atoms. The van der Waals surface area contributed by atoms with Crippen LogP contribution in [0.2, 0.25) is 0 Å². The molecule has 144 valence electrons. The average Bonchev–Trinajstić information content (AvgIpc) is 3.35. The zero-order chi connectivity index (χ0) is 19.1. The summed E-state index contributed by atoms with van der Waals surface area (Å²) in [7, 11) is 0. The first-order chi connectivity index (χ1) is 13.7. The molecule has 1 aliphatic carbocycles. The van der Waals surface area contributed by atoms with Crippen LogP contribution >= 0.6 is 15.9 Å². The molecule has 2 fully saturated rings. The number of rotatable bonds is 2. The summed E-state index contributed by atoms with van der Waals surface area (Å²) in [6.45, 7) is 3.33. The van der Waals surface area contributed by atoms with Gasteiger partial charge in [-0.1, -0.05) is 70.5 Å². The van der Waals surface area contributed by atoms with Crippen molar-refractivity contribution < 1.29 is 4.79 Å². The minimum absolute atomic E-state index is 0.0270. The molecule has 28 heavy (non-hydrogen) atoms. The number of hydrogen-bond donors (Lipinski definition) is 1. The quantitative estimate of drug-likeness (QED) is 0.758. The summed E-state index contributed by atoms with van der Waals surface area (Å²) < 4.78 is 1.10. The van der Waals surface area contributed by atoms with Crippen LogP contribution in [-0.2, 0) is 10.2 Å². The van der Waals surface area contributed by atoms with E-state index in [4.69, 9.17) is 0 Å². The molecule has 2 saturated heterocycles. The van der Waals surface area contributed by atoms with Crippen LogP contribution in [0.15, 0.2) is 59.1 Å². The summed E-state index contributed by atoms with van der Waals surface area (Å²) >= 11 is 3.67. The van der Waals surface area contributed by atoms with Crippen molar-refractivity contribution in [3.63, 3.8) is 0 Å². The lowest BCUT2D eigenvalue weighted by molar-refractivity contribution is -0.136. The normalized spacial score (nSPS) is 25.2. The molecule has 0 radical (unpaired) electrons. The molecule has 5 rings (SSSR count). The van der Waals surface area contributed by atoms with Crippen molar-refractivity contribution in [2.75, 3.05) is 26.2 Å². The Morgan fingerprint density at radius 3 is 2.61 bits per heavy atom. The lowest BCUT2D eigenvalue weighted by Crippen LogP contribution is -2.47. The molecule has 2 heterocycles. The Labute approximate surface area is 174 Å². The van der Waals surface area contributed by atoms with Gasteiger partial charge in [-0.25, -0.2) is 0 Å². The summed E-state index contributed by atoms with van der Waals surface area (Å²) in [5.41, 5.74) is 4.15. The molecule has 0 unspecified atom stereocenters. The smallest absolute Gasteiger partial charge is 0.227 e. The van der Waals surface area contributed by atoms with Crippen LogP contribution in [0.25, 0.3) is 6.08 Å². The summed E-state index contributed by atoms with van der Waals surface area (Å²) in [4.78, 5) is 15.5. The lowest BCUT2D eigenvalue weighted by atomic mass is 9.74. The average molecular weight is 437 g/mol. The number of piperidine rings is 1. The third kappa shape index (κ3) is 2.94. The van der Waals surface area contributed by atoms with Gasteiger partial charge < -0.3 is 10.2 Å². The maximum atomic E-state index is 13.4. The number of carbonyl (C=O) groups is 1. The fourth-order valence-electron chi connectivity index (χ4n) is 5.27. The second-order valence-corrected chi connectivity index (χ2v) is 9.15. The highest BCUT2D eigenvalue weighted by Gasteiger charge is 2.42. The van der Waals surface area contributed by atoms with E-state index in [0.29, 0.717) is 5.91 Å². The molecule has 2 atom stereocenters. The molecular formula is C24H25BrN2O. The summed E-state index contributed by atoms with van der Waals surface area (Å²) in [6, 6.07) is 17.0. The molecule has 1 amide bonds. The van der Waals surface area contributed by atoms with Gasteiger partial charge in [-0.15, -0.1) is 0 Å². The molecule has 2 aromatic rings. The van der Waals surface area contributed by atoms with E-state index in [1.807, 2.05) is 6.07 Å². The zero-order valence-electron chi connectivity index (χ0n) is 15.9. The maximum Gasteiger partial charge on any atom is 0.227 e. The standard InChI is InChI=1S/C24H25BrN2O/c25-22-8-4-2-6-18(22)19-15-26-16-20(19)23(28)27-13-11-24(12-14-27)10-9-17-5-1-3-7-21(17)24/h1-10,19-20,26H,11-16H2/t19-,20+/m0/s1. The zero-order valence-corrected chi connectivity index (χ0v) is 17.5. The van der Waals surface area contributed by atoms with E-state index in [-0.39, 0.29) is 17.3 Å². The molecule has 3 nitrogen and oxygen atoms in total. The monoisotopic (exact) mass is 436 g/mol. The van der Waals surface area contributed by atoms with Crippen LogP contribution in [0.3, 0.4) is 0 Å². The van der Waals surface area contributed by atoms with Gasteiger partial charge in [0.15, 0.2) is 0 Å². The Hall–Kier alpha value is -1.91. The highest BCUT2D eigenvalue weighted by molar-refractivity contribution is 9.10. The molecule has 0 bridgehead atoms. The second-order valence-electron chi connectivity index (χ2n) is 8.29. The van der Waals surface area contributed by atoms with Gasteiger partial charge in [0, 0.05) is 42.0 Å². The fourth-order valence-corrected chi connectivity index (χ4v) is 5.85. The highest BCUT2D eigenvalue weighted by atomic mass is 79.9. The third-order valence-corrected chi connectivity index (χ3v) is 7.60. The van der Waals surface area contributed by atoms with Crippen LogP contribution in [0, 0.1) is 5.92 Å².